The first-order valence-electron chi connectivity index (χ1n) is 13.5. The van der Waals surface area contributed by atoms with E-state index < -0.39 is 0 Å². The van der Waals surface area contributed by atoms with Gasteiger partial charge < -0.3 is 37.9 Å². The first kappa shape index (κ1) is 34.2. The van der Waals surface area contributed by atoms with E-state index >= 15 is 0 Å². The van der Waals surface area contributed by atoms with Crippen LogP contribution in [0.1, 0.15) is 65.2 Å². The van der Waals surface area contributed by atoms with Gasteiger partial charge in [-0.3, -0.25) is 4.79 Å². The van der Waals surface area contributed by atoms with E-state index in [1.54, 1.807) is 0 Å². The summed E-state index contributed by atoms with van der Waals surface area (Å²) in [5, 5.41) is 0. The fourth-order valence-electron chi connectivity index (χ4n) is 2.98. The third-order valence-corrected chi connectivity index (χ3v) is 4.91. The normalized spacial score (nSPS) is 11.3. The number of ether oxygens (including phenoxy) is 8. The Bertz CT molecular complexity index is 410. The van der Waals surface area contributed by atoms with E-state index in [-0.39, 0.29) is 5.97 Å². The van der Waals surface area contributed by atoms with Crippen molar-refractivity contribution in [3.05, 3.63) is 0 Å². The van der Waals surface area contributed by atoms with Crippen LogP contribution in [0.3, 0.4) is 0 Å². The van der Waals surface area contributed by atoms with Gasteiger partial charge in [-0.25, -0.2) is 0 Å². The second-order valence-corrected chi connectivity index (χ2v) is 7.96. The van der Waals surface area contributed by atoms with Crippen LogP contribution in [0.15, 0.2) is 0 Å². The van der Waals surface area contributed by atoms with Gasteiger partial charge in [0, 0.05) is 13.0 Å². The summed E-state index contributed by atoms with van der Waals surface area (Å²) in [6.45, 7) is 12.0. The first-order valence-corrected chi connectivity index (χ1v) is 13.5. The van der Waals surface area contributed by atoms with Gasteiger partial charge in [0.05, 0.1) is 85.9 Å². The second-order valence-electron chi connectivity index (χ2n) is 7.96. The Balaban J connectivity index is 3.10. The van der Waals surface area contributed by atoms with E-state index in [4.69, 9.17) is 37.9 Å². The lowest BCUT2D eigenvalue weighted by atomic mass is 10.1. The fourth-order valence-corrected chi connectivity index (χ4v) is 2.98. The second kappa shape index (κ2) is 31.2. The molecule has 0 aromatic heterocycles. The lowest BCUT2D eigenvalue weighted by Crippen LogP contribution is -2.15. The zero-order valence-corrected chi connectivity index (χ0v) is 22.4. The molecule has 0 aromatic rings. The Kier molecular flexibility index (Phi) is 30.5. The summed E-state index contributed by atoms with van der Waals surface area (Å²) in [6, 6.07) is 0. The van der Waals surface area contributed by atoms with Crippen molar-refractivity contribution in [1.82, 2.24) is 0 Å². The third kappa shape index (κ3) is 31.2. The van der Waals surface area contributed by atoms with Gasteiger partial charge in [0.2, 0.25) is 0 Å². The molecule has 0 radical (unpaired) electrons. The molecule has 0 rings (SSSR count). The highest BCUT2D eigenvalue weighted by atomic mass is 16.6. The van der Waals surface area contributed by atoms with Crippen LogP contribution in [0.4, 0.5) is 0 Å². The molecule has 0 fully saturated rings. The fraction of sp³-hybridized carbons (Fsp3) is 0.962. The minimum atomic E-state index is -0.134. The highest BCUT2D eigenvalue weighted by Gasteiger charge is 2.02. The number of hydrogen-bond acceptors (Lipinski definition) is 9. The van der Waals surface area contributed by atoms with Gasteiger partial charge in [-0.2, -0.15) is 0 Å². The quantitative estimate of drug-likeness (QED) is 0.106. The zero-order chi connectivity index (χ0) is 25.5. The van der Waals surface area contributed by atoms with Crippen LogP contribution in [0, 0.1) is 0 Å². The summed E-state index contributed by atoms with van der Waals surface area (Å²) < 4.78 is 42.8. The van der Waals surface area contributed by atoms with E-state index in [1.165, 1.54) is 32.1 Å². The van der Waals surface area contributed by atoms with Crippen LogP contribution in [0.25, 0.3) is 0 Å². The van der Waals surface area contributed by atoms with Gasteiger partial charge >= 0.3 is 5.97 Å². The van der Waals surface area contributed by atoms with Crippen LogP contribution < -0.4 is 0 Å². The Labute approximate surface area is 213 Å². The summed E-state index contributed by atoms with van der Waals surface area (Å²) in [6.07, 6.45) is 8.85. The number of esters is 1. The van der Waals surface area contributed by atoms with Crippen LogP contribution in [-0.2, 0) is 42.7 Å². The molecule has 0 bridgehead atoms. The van der Waals surface area contributed by atoms with Crippen molar-refractivity contribution in [2.45, 2.75) is 65.2 Å². The minimum absolute atomic E-state index is 0.134. The Morgan fingerprint density at radius 2 is 0.771 bits per heavy atom. The Hall–Kier alpha value is -0.810. The SMILES string of the molecule is CCCCCCCCCC(=O)OCCOCCOCCOCCOCCOCCOCCOCC. The molecule has 210 valence electrons. The molecule has 0 aliphatic carbocycles. The molecule has 0 aliphatic heterocycles. The topological polar surface area (TPSA) is 90.9 Å². The van der Waals surface area contributed by atoms with Crippen LogP contribution >= 0.6 is 0 Å². The molecule has 0 unspecified atom stereocenters. The molecular formula is C26H52O9. The van der Waals surface area contributed by atoms with Crippen molar-refractivity contribution in [3.8, 4) is 0 Å². The maximum atomic E-state index is 11.6. The molecule has 9 heteroatoms. The van der Waals surface area contributed by atoms with Gasteiger partial charge in [-0.15, -0.1) is 0 Å². The predicted octanol–water partition coefficient (Wildman–Crippen LogP) is 3.81. The molecule has 0 saturated carbocycles. The highest BCUT2D eigenvalue weighted by molar-refractivity contribution is 5.69. The molecule has 0 spiro atoms. The minimum Gasteiger partial charge on any atom is -0.463 e. The van der Waals surface area contributed by atoms with Crippen LogP contribution in [0.5, 0.6) is 0 Å². The molecule has 0 aliphatic rings. The van der Waals surface area contributed by atoms with Crippen molar-refractivity contribution in [3.63, 3.8) is 0 Å². The molecule has 35 heavy (non-hydrogen) atoms. The highest BCUT2D eigenvalue weighted by Crippen LogP contribution is 2.08. The molecule has 0 saturated heterocycles. The average Bonchev–Trinajstić information content (AvgIpc) is 2.86. The monoisotopic (exact) mass is 508 g/mol. The van der Waals surface area contributed by atoms with Crippen molar-refractivity contribution >= 4 is 5.97 Å². The van der Waals surface area contributed by atoms with Crippen molar-refractivity contribution in [2.75, 3.05) is 99.1 Å². The number of carbonyl (C=O) groups is 1. The van der Waals surface area contributed by atoms with Gasteiger partial charge in [-0.05, 0) is 13.3 Å². The summed E-state index contributed by atoms with van der Waals surface area (Å²) in [5.41, 5.74) is 0. The molecular weight excluding hydrogens is 456 g/mol. The standard InChI is InChI=1S/C26H52O9/c1-3-5-6-7-8-9-10-11-26(27)35-25-24-34-23-22-33-21-20-32-19-18-31-17-16-30-15-14-29-13-12-28-4-2/h3-25H2,1-2H3. The van der Waals surface area contributed by atoms with Gasteiger partial charge in [0.1, 0.15) is 6.61 Å². The van der Waals surface area contributed by atoms with Crippen LogP contribution in [0.2, 0.25) is 0 Å². The lowest BCUT2D eigenvalue weighted by molar-refractivity contribution is -0.145. The third-order valence-electron chi connectivity index (χ3n) is 4.91. The Morgan fingerprint density at radius 3 is 1.17 bits per heavy atom. The van der Waals surface area contributed by atoms with Gasteiger partial charge in [0.15, 0.2) is 0 Å². The largest absolute Gasteiger partial charge is 0.463 e. The van der Waals surface area contributed by atoms with E-state index in [9.17, 15) is 4.79 Å². The summed E-state index contributed by atoms with van der Waals surface area (Å²) in [4.78, 5) is 11.6. The van der Waals surface area contributed by atoms with E-state index in [0.29, 0.717) is 106 Å². The summed E-state index contributed by atoms with van der Waals surface area (Å²) in [7, 11) is 0. The molecule has 0 aromatic carbocycles. The predicted molar refractivity (Wildman–Crippen MR) is 135 cm³/mol. The first-order chi connectivity index (χ1) is 17.3. The van der Waals surface area contributed by atoms with Gasteiger partial charge in [0.25, 0.3) is 0 Å². The van der Waals surface area contributed by atoms with Crippen molar-refractivity contribution < 1.29 is 42.7 Å². The maximum Gasteiger partial charge on any atom is 0.305 e. The molecule has 0 N–H and O–H groups in total. The number of carbonyl (C=O) groups excluding carboxylic acids is 1. The molecule has 0 atom stereocenters. The summed E-state index contributed by atoms with van der Waals surface area (Å²) >= 11 is 0. The van der Waals surface area contributed by atoms with E-state index in [1.807, 2.05) is 6.92 Å². The maximum absolute atomic E-state index is 11.6. The molecule has 0 amide bonds. The zero-order valence-electron chi connectivity index (χ0n) is 22.4. The summed E-state index contributed by atoms with van der Waals surface area (Å²) in [5.74, 6) is -0.134. The molecule has 9 nitrogen and oxygen atoms in total. The van der Waals surface area contributed by atoms with E-state index in [0.717, 1.165) is 12.8 Å². The molecule has 0 heterocycles. The number of hydrogen-bond donors (Lipinski definition) is 0. The van der Waals surface area contributed by atoms with Crippen molar-refractivity contribution in [1.29, 1.82) is 0 Å². The van der Waals surface area contributed by atoms with Crippen LogP contribution in [-0.4, -0.2) is 105 Å². The number of rotatable bonds is 30. The van der Waals surface area contributed by atoms with E-state index in [2.05, 4.69) is 6.92 Å². The van der Waals surface area contributed by atoms with Crippen molar-refractivity contribution in [2.24, 2.45) is 0 Å². The number of unbranched alkanes of at least 4 members (excludes halogenated alkanes) is 6. The smallest absolute Gasteiger partial charge is 0.305 e. The average molecular weight is 509 g/mol. The lowest BCUT2D eigenvalue weighted by Gasteiger charge is -2.08. The van der Waals surface area contributed by atoms with Gasteiger partial charge in [-0.1, -0.05) is 45.4 Å². The Morgan fingerprint density at radius 1 is 0.429 bits per heavy atom.